The average molecular weight is 222 g/mol. The molecule has 4 saturated carbocycles. The number of hydrogen-bond acceptors (Lipinski definition) is 2. The molecule has 90 valence electrons. The Morgan fingerprint density at radius 1 is 1.12 bits per heavy atom. The van der Waals surface area contributed by atoms with E-state index in [0.717, 1.165) is 24.3 Å². The number of nitrogens with one attached hydrogen (secondary N) is 1. The predicted octanol–water partition coefficient (Wildman–Crippen LogP) is 1.28. The molecule has 0 aromatic heterocycles. The molecule has 0 aromatic rings. The van der Waals surface area contributed by atoms with Crippen LogP contribution < -0.4 is 11.1 Å². The Bertz CT molecular complexity index is 265. The Morgan fingerprint density at radius 2 is 1.62 bits per heavy atom. The third-order valence-corrected chi connectivity index (χ3v) is 4.96. The molecule has 16 heavy (non-hydrogen) atoms. The van der Waals surface area contributed by atoms with Gasteiger partial charge in [0.2, 0.25) is 5.91 Å². The number of carbonyl (C=O) groups excluding carboxylic acids is 1. The smallest absolute Gasteiger partial charge is 0.231 e. The minimum absolute atomic E-state index is 0.232. The van der Waals surface area contributed by atoms with E-state index in [0.29, 0.717) is 12.0 Å². The fourth-order valence-corrected chi connectivity index (χ4v) is 4.96. The van der Waals surface area contributed by atoms with Crippen LogP contribution in [0, 0.1) is 23.2 Å². The Hall–Kier alpha value is -0.570. The van der Waals surface area contributed by atoms with Gasteiger partial charge in [-0.2, -0.15) is 0 Å². The van der Waals surface area contributed by atoms with Crippen molar-refractivity contribution in [2.45, 2.75) is 38.5 Å². The molecule has 0 radical (unpaired) electrons. The second-order valence-corrected chi connectivity index (χ2v) is 6.49. The van der Waals surface area contributed by atoms with Crippen LogP contribution in [0.3, 0.4) is 0 Å². The zero-order chi connectivity index (χ0) is 11.2. The van der Waals surface area contributed by atoms with Gasteiger partial charge in [0.15, 0.2) is 0 Å². The lowest BCUT2D eigenvalue weighted by Crippen LogP contribution is -2.51. The molecule has 4 aliphatic rings. The summed E-state index contributed by atoms with van der Waals surface area (Å²) in [6.07, 6.45) is 8.62. The first-order valence-electron chi connectivity index (χ1n) is 6.64. The Balaban J connectivity index is 1.62. The maximum absolute atomic E-state index is 10.7. The maximum Gasteiger partial charge on any atom is 0.231 e. The minimum Gasteiger partial charge on any atom is -0.369 e. The molecule has 0 unspecified atom stereocenters. The molecule has 3 N–H and O–H groups in total. The van der Waals surface area contributed by atoms with E-state index in [1.165, 1.54) is 38.5 Å². The van der Waals surface area contributed by atoms with Crippen molar-refractivity contribution in [1.29, 1.82) is 0 Å². The van der Waals surface area contributed by atoms with Crippen LogP contribution in [0.25, 0.3) is 0 Å². The van der Waals surface area contributed by atoms with Gasteiger partial charge in [-0.05, 0) is 61.7 Å². The van der Waals surface area contributed by atoms with Crippen molar-refractivity contribution >= 4 is 5.91 Å². The van der Waals surface area contributed by atoms with E-state index < -0.39 is 0 Å². The Morgan fingerprint density at radius 3 is 2.06 bits per heavy atom. The molecule has 3 heteroatoms. The largest absolute Gasteiger partial charge is 0.369 e. The second-order valence-electron chi connectivity index (χ2n) is 6.49. The summed E-state index contributed by atoms with van der Waals surface area (Å²) in [7, 11) is 0. The quantitative estimate of drug-likeness (QED) is 0.753. The van der Waals surface area contributed by atoms with E-state index in [4.69, 9.17) is 5.73 Å². The number of primary amides is 1. The lowest BCUT2D eigenvalue weighted by molar-refractivity contribution is -0.117. The van der Waals surface area contributed by atoms with Gasteiger partial charge in [-0.15, -0.1) is 0 Å². The van der Waals surface area contributed by atoms with E-state index in [9.17, 15) is 4.79 Å². The van der Waals surface area contributed by atoms with Gasteiger partial charge >= 0.3 is 0 Å². The van der Waals surface area contributed by atoms with E-state index >= 15 is 0 Å². The molecule has 0 aromatic carbocycles. The van der Waals surface area contributed by atoms with Crippen LogP contribution in [-0.4, -0.2) is 19.0 Å². The molecule has 4 aliphatic carbocycles. The van der Waals surface area contributed by atoms with Gasteiger partial charge in [0, 0.05) is 6.54 Å². The monoisotopic (exact) mass is 222 g/mol. The van der Waals surface area contributed by atoms with Crippen molar-refractivity contribution < 1.29 is 4.79 Å². The SMILES string of the molecule is NC(=O)CNCC12CC3CC(CC(C3)C1)C2. The molecular weight excluding hydrogens is 200 g/mol. The van der Waals surface area contributed by atoms with Crippen LogP contribution in [0.2, 0.25) is 0 Å². The standard InChI is InChI=1S/C13H22N2O/c14-12(16)7-15-8-13-4-9-1-10(5-13)3-11(2-9)6-13/h9-11,15H,1-8H2,(H2,14,16). The average Bonchev–Trinajstić information content (AvgIpc) is 2.13. The molecule has 0 heterocycles. The zero-order valence-electron chi connectivity index (χ0n) is 9.87. The highest BCUT2D eigenvalue weighted by atomic mass is 16.1. The summed E-state index contributed by atoms with van der Waals surface area (Å²) in [6, 6.07) is 0. The van der Waals surface area contributed by atoms with Crippen LogP contribution in [0.1, 0.15) is 38.5 Å². The van der Waals surface area contributed by atoms with Crippen molar-refractivity contribution in [3.8, 4) is 0 Å². The molecule has 4 fully saturated rings. The fraction of sp³-hybridized carbons (Fsp3) is 0.923. The molecule has 0 spiro atoms. The van der Waals surface area contributed by atoms with Crippen LogP contribution in [0.15, 0.2) is 0 Å². The number of nitrogens with two attached hydrogens (primary N) is 1. The van der Waals surface area contributed by atoms with Crippen molar-refractivity contribution in [2.75, 3.05) is 13.1 Å². The third-order valence-electron chi connectivity index (χ3n) is 4.96. The maximum atomic E-state index is 10.7. The molecule has 0 aliphatic heterocycles. The van der Waals surface area contributed by atoms with Gasteiger partial charge in [-0.25, -0.2) is 0 Å². The minimum atomic E-state index is -0.232. The summed E-state index contributed by atoms with van der Waals surface area (Å²) in [4.78, 5) is 10.7. The van der Waals surface area contributed by atoms with E-state index in [1.807, 2.05) is 0 Å². The van der Waals surface area contributed by atoms with Gasteiger partial charge in [0.1, 0.15) is 0 Å². The van der Waals surface area contributed by atoms with Crippen molar-refractivity contribution in [2.24, 2.45) is 28.9 Å². The first kappa shape index (κ1) is 10.6. The molecule has 4 rings (SSSR count). The van der Waals surface area contributed by atoms with Crippen LogP contribution in [0.5, 0.6) is 0 Å². The highest BCUT2D eigenvalue weighted by Crippen LogP contribution is 2.59. The van der Waals surface area contributed by atoms with Crippen molar-refractivity contribution in [1.82, 2.24) is 5.32 Å². The number of carbonyl (C=O) groups is 1. The van der Waals surface area contributed by atoms with Gasteiger partial charge in [-0.1, -0.05) is 0 Å². The van der Waals surface area contributed by atoms with E-state index in [-0.39, 0.29) is 5.91 Å². The highest BCUT2D eigenvalue weighted by Gasteiger charge is 2.50. The summed E-state index contributed by atoms with van der Waals surface area (Å²) in [5.41, 5.74) is 5.69. The molecule has 1 amide bonds. The van der Waals surface area contributed by atoms with Gasteiger partial charge < -0.3 is 11.1 Å². The summed E-state index contributed by atoms with van der Waals surface area (Å²) < 4.78 is 0. The highest BCUT2D eigenvalue weighted by molar-refractivity contribution is 5.75. The van der Waals surface area contributed by atoms with E-state index in [1.54, 1.807) is 0 Å². The second kappa shape index (κ2) is 3.73. The predicted molar refractivity (Wildman–Crippen MR) is 62.7 cm³/mol. The number of amides is 1. The van der Waals surface area contributed by atoms with Crippen LogP contribution in [-0.2, 0) is 4.79 Å². The summed E-state index contributed by atoms with van der Waals surface area (Å²) in [6.45, 7) is 1.36. The van der Waals surface area contributed by atoms with Gasteiger partial charge in [-0.3, -0.25) is 4.79 Å². The summed E-state index contributed by atoms with van der Waals surface area (Å²) in [5, 5.41) is 3.27. The number of hydrogen-bond donors (Lipinski definition) is 2. The van der Waals surface area contributed by atoms with Crippen molar-refractivity contribution in [3.05, 3.63) is 0 Å². The lowest BCUT2D eigenvalue weighted by atomic mass is 9.49. The zero-order valence-corrected chi connectivity index (χ0v) is 9.87. The molecule has 3 nitrogen and oxygen atoms in total. The molecule has 4 bridgehead atoms. The van der Waals surface area contributed by atoms with Crippen LogP contribution >= 0.6 is 0 Å². The third kappa shape index (κ3) is 1.86. The summed E-state index contributed by atoms with van der Waals surface area (Å²) in [5.74, 6) is 2.73. The lowest BCUT2D eigenvalue weighted by Gasteiger charge is -2.57. The first-order chi connectivity index (χ1) is 7.65. The first-order valence-corrected chi connectivity index (χ1v) is 6.64. The molecule has 0 atom stereocenters. The van der Waals surface area contributed by atoms with Gasteiger partial charge in [0.05, 0.1) is 6.54 Å². The van der Waals surface area contributed by atoms with Crippen molar-refractivity contribution in [3.63, 3.8) is 0 Å². The fourth-order valence-electron chi connectivity index (χ4n) is 4.96. The Kier molecular flexibility index (Phi) is 2.46. The summed E-state index contributed by atoms with van der Waals surface area (Å²) >= 11 is 0. The normalized spacial score (nSPS) is 44.9. The topological polar surface area (TPSA) is 55.1 Å². The molecular formula is C13H22N2O. The number of rotatable bonds is 4. The molecule has 0 saturated heterocycles. The Labute approximate surface area is 97.2 Å². The van der Waals surface area contributed by atoms with E-state index in [2.05, 4.69) is 5.32 Å². The van der Waals surface area contributed by atoms with Crippen LogP contribution in [0.4, 0.5) is 0 Å². The van der Waals surface area contributed by atoms with Gasteiger partial charge in [0.25, 0.3) is 0 Å².